The summed E-state index contributed by atoms with van der Waals surface area (Å²) in [6, 6.07) is 3.38. The van der Waals surface area contributed by atoms with E-state index in [0.717, 1.165) is 18.5 Å². The van der Waals surface area contributed by atoms with Crippen LogP contribution in [0.15, 0.2) is 12.1 Å². The summed E-state index contributed by atoms with van der Waals surface area (Å²) in [7, 11) is 0. The first-order chi connectivity index (χ1) is 7.88. The molecule has 0 atom stereocenters. The third kappa shape index (κ3) is 4.00. The topological polar surface area (TPSA) is 42.0 Å². The number of carbonyl (C=O) groups excluding carboxylic acids is 1. The molecule has 0 unspecified atom stereocenters. The number of nitrogens with zero attached hydrogens (tertiary/aromatic N) is 1. The number of amides is 1. The zero-order chi connectivity index (χ0) is 13.1. The van der Waals surface area contributed by atoms with Crippen LogP contribution in [0.25, 0.3) is 0 Å². The van der Waals surface area contributed by atoms with Gasteiger partial charge < -0.3 is 5.32 Å². The first-order valence-corrected chi connectivity index (χ1v) is 6.24. The molecule has 0 saturated heterocycles. The van der Waals surface area contributed by atoms with Crippen LogP contribution >= 0.6 is 11.6 Å². The van der Waals surface area contributed by atoms with Gasteiger partial charge in [0.1, 0.15) is 5.15 Å². The second-order valence-electron chi connectivity index (χ2n) is 4.71. The lowest BCUT2D eigenvalue weighted by molar-refractivity contribution is 0.0911. The molecule has 1 rings (SSSR count). The van der Waals surface area contributed by atoms with Gasteiger partial charge in [0.25, 0.3) is 5.91 Å². The second kappa shape index (κ2) is 5.50. The first kappa shape index (κ1) is 14.0. The summed E-state index contributed by atoms with van der Waals surface area (Å²) in [4.78, 5) is 16.2. The van der Waals surface area contributed by atoms with Crippen LogP contribution < -0.4 is 5.32 Å². The maximum Gasteiger partial charge on any atom is 0.251 e. The minimum atomic E-state index is -0.209. The molecule has 1 aromatic rings. The fraction of sp³-hybridized carbons (Fsp3) is 0.538. The highest BCUT2D eigenvalue weighted by Crippen LogP contribution is 2.14. The zero-order valence-corrected chi connectivity index (χ0v) is 11.6. The van der Waals surface area contributed by atoms with Crippen LogP contribution in [-0.4, -0.2) is 16.4 Å². The van der Waals surface area contributed by atoms with E-state index in [4.69, 9.17) is 11.6 Å². The van der Waals surface area contributed by atoms with E-state index in [1.54, 1.807) is 12.1 Å². The third-order valence-electron chi connectivity index (χ3n) is 2.81. The van der Waals surface area contributed by atoms with Crippen LogP contribution in [0.1, 0.15) is 50.2 Å². The largest absolute Gasteiger partial charge is 0.347 e. The summed E-state index contributed by atoms with van der Waals surface area (Å²) >= 11 is 5.89. The Morgan fingerprint density at radius 3 is 2.59 bits per heavy atom. The number of rotatable bonds is 4. The maximum atomic E-state index is 12.0. The molecule has 4 heteroatoms. The minimum absolute atomic E-state index is 0.101. The fourth-order valence-electron chi connectivity index (χ4n) is 1.33. The third-order valence-corrected chi connectivity index (χ3v) is 3.00. The van der Waals surface area contributed by atoms with Crippen molar-refractivity contribution >= 4 is 17.5 Å². The summed E-state index contributed by atoms with van der Waals surface area (Å²) in [6.07, 6.45) is 1.64. The lowest BCUT2D eigenvalue weighted by Crippen LogP contribution is -2.42. The van der Waals surface area contributed by atoms with Crippen LogP contribution in [0.2, 0.25) is 5.15 Å². The van der Waals surface area contributed by atoms with Gasteiger partial charge in [-0.1, -0.05) is 25.4 Å². The second-order valence-corrected chi connectivity index (χ2v) is 5.10. The minimum Gasteiger partial charge on any atom is -0.347 e. The number of nitrogens with one attached hydrogen (secondary N) is 1. The molecule has 0 aromatic carbocycles. The predicted molar refractivity (Wildman–Crippen MR) is 70.5 cm³/mol. The number of aromatic nitrogens is 1. The number of carbonyl (C=O) groups is 1. The number of hydrogen-bond acceptors (Lipinski definition) is 2. The van der Waals surface area contributed by atoms with Gasteiger partial charge in [-0.15, -0.1) is 0 Å². The van der Waals surface area contributed by atoms with Gasteiger partial charge >= 0.3 is 0 Å². The van der Waals surface area contributed by atoms with Crippen LogP contribution in [0.4, 0.5) is 0 Å². The first-order valence-electron chi connectivity index (χ1n) is 5.87. The number of pyridine rings is 1. The molecule has 0 spiro atoms. The monoisotopic (exact) mass is 254 g/mol. The highest BCUT2D eigenvalue weighted by atomic mass is 35.5. The Kier molecular flexibility index (Phi) is 4.52. The van der Waals surface area contributed by atoms with Gasteiger partial charge in [-0.25, -0.2) is 4.98 Å². The van der Waals surface area contributed by atoms with E-state index in [9.17, 15) is 4.79 Å². The van der Waals surface area contributed by atoms with Crippen molar-refractivity contribution in [1.29, 1.82) is 0 Å². The van der Waals surface area contributed by atoms with Gasteiger partial charge in [0, 0.05) is 16.8 Å². The van der Waals surface area contributed by atoms with E-state index in [2.05, 4.69) is 10.3 Å². The van der Waals surface area contributed by atoms with Crippen molar-refractivity contribution in [3.8, 4) is 0 Å². The van der Waals surface area contributed by atoms with Crippen LogP contribution in [0, 0.1) is 0 Å². The van der Waals surface area contributed by atoms with Crippen LogP contribution in [0.3, 0.4) is 0 Å². The number of halogens is 1. The van der Waals surface area contributed by atoms with Crippen molar-refractivity contribution in [2.75, 3.05) is 0 Å². The molecule has 0 aliphatic carbocycles. The van der Waals surface area contributed by atoms with Crippen molar-refractivity contribution in [3.63, 3.8) is 0 Å². The molecule has 0 fully saturated rings. The van der Waals surface area contributed by atoms with Crippen LogP contribution in [0.5, 0.6) is 0 Å². The molecule has 94 valence electrons. The SMILES string of the molecule is CCc1cc(C(=O)NC(C)(C)CC)cc(Cl)n1. The number of aryl methyl sites for hydroxylation is 1. The molecule has 3 nitrogen and oxygen atoms in total. The molecule has 1 heterocycles. The van der Waals surface area contributed by atoms with E-state index in [0.29, 0.717) is 10.7 Å². The van der Waals surface area contributed by atoms with Crippen molar-refractivity contribution < 1.29 is 4.79 Å². The van der Waals surface area contributed by atoms with E-state index in [1.165, 1.54) is 0 Å². The van der Waals surface area contributed by atoms with Gasteiger partial charge in [-0.2, -0.15) is 0 Å². The standard InChI is InChI=1S/C13H19ClN2O/c1-5-10-7-9(8-11(14)15-10)12(17)16-13(3,4)6-2/h7-8H,5-6H2,1-4H3,(H,16,17). The number of hydrogen-bond donors (Lipinski definition) is 1. The molecule has 0 aliphatic rings. The van der Waals surface area contributed by atoms with Crippen molar-refractivity contribution in [1.82, 2.24) is 10.3 Å². The van der Waals surface area contributed by atoms with Gasteiger partial charge in [0.2, 0.25) is 0 Å². The van der Waals surface area contributed by atoms with E-state index in [1.807, 2.05) is 27.7 Å². The fourth-order valence-corrected chi connectivity index (χ4v) is 1.56. The highest BCUT2D eigenvalue weighted by Gasteiger charge is 2.19. The lowest BCUT2D eigenvalue weighted by atomic mass is 10.0. The Bertz CT molecular complexity index is 416. The molecule has 1 N–H and O–H groups in total. The Labute approximate surface area is 108 Å². The van der Waals surface area contributed by atoms with Gasteiger partial charge in [0.05, 0.1) is 0 Å². The van der Waals surface area contributed by atoms with Crippen LogP contribution in [-0.2, 0) is 6.42 Å². The molecule has 0 saturated carbocycles. The Hall–Kier alpha value is -1.09. The molecule has 17 heavy (non-hydrogen) atoms. The lowest BCUT2D eigenvalue weighted by Gasteiger charge is -2.24. The summed E-state index contributed by atoms with van der Waals surface area (Å²) < 4.78 is 0. The normalized spacial score (nSPS) is 11.4. The average Bonchev–Trinajstić information content (AvgIpc) is 2.27. The molecule has 0 radical (unpaired) electrons. The smallest absolute Gasteiger partial charge is 0.251 e. The maximum absolute atomic E-state index is 12.0. The van der Waals surface area contributed by atoms with E-state index in [-0.39, 0.29) is 11.4 Å². The Balaban J connectivity index is 2.93. The van der Waals surface area contributed by atoms with Gasteiger partial charge in [-0.05, 0) is 38.8 Å². The molecule has 0 bridgehead atoms. The molecular weight excluding hydrogens is 236 g/mol. The van der Waals surface area contributed by atoms with E-state index < -0.39 is 0 Å². The zero-order valence-electron chi connectivity index (χ0n) is 10.8. The van der Waals surface area contributed by atoms with Gasteiger partial charge in [-0.3, -0.25) is 4.79 Å². The highest BCUT2D eigenvalue weighted by molar-refractivity contribution is 6.29. The molecule has 1 aromatic heterocycles. The Morgan fingerprint density at radius 2 is 2.06 bits per heavy atom. The predicted octanol–water partition coefficient (Wildman–Crippen LogP) is 3.22. The quantitative estimate of drug-likeness (QED) is 0.839. The van der Waals surface area contributed by atoms with Crippen molar-refractivity contribution in [3.05, 3.63) is 28.5 Å². The van der Waals surface area contributed by atoms with Crippen molar-refractivity contribution in [2.45, 2.75) is 46.1 Å². The average molecular weight is 255 g/mol. The Morgan fingerprint density at radius 1 is 1.41 bits per heavy atom. The summed E-state index contributed by atoms with van der Waals surface area (Å²) in [6.45, 7) is 8.01. The molecule has 0 aliphatic heterocycles. The van der Waals surface area contributed by atoms with Crippen molar-refractivity contribution in [2.24, 2.45) is 0 Å². The van der Waals surface area contributed by atoms with Gasteiger partial charge in [0.15, 0.2) is 0 Å². The summed E-state index contributed by atoms with van der Waals surface area (Å²) in [5, 5.41) is 3.34. The molecule has 1 amide bonds. The molecular formula is C13H19ClN2O. The van der Waals surface area contributed by atoms with E-state index >= 15 is 0 Å². The summed E-state index contributed by atoms with van der Waals surface area (Å²) in [5.41, 5.74) is 1.19. The summed E-state index contributed by atoms with van der Waals surface area (Å²) in [5.74, 6) is -0.101.